The molecule has 0 aromatic carbocycles. The monoisotopic (exact) mass is 386 g/mol. The summed E-state index contributed by atoms with van der Waals surface area (Å²) >= 11 is 0. The van der Waals surface area contributed by atoms with E-state index in [0.29, 0.717) is 11.6 Å². The Morgan fingerprint density at radius 3 is 2.67 bits per heavy atom. The van der Waals surface area contributed by atoms with Gasteiger partial charge in [0.15, 0.2) is 20.5 Å². The predicted octanol–water partition coefficient (Wildman–Crippen LogP) is 2.05. The predicted molar refractivity (Wildman–Crippen MR) is 103 cm³/mol. The number of nitrogens with zero attached hydrogens (tertiary/aromatic N) is 4. The van der Waals surface area contributed by atoms with Gasteiger partial charge in [-0.1, -0.05) is 0 Å². The second-order valence-electron chi connectivity index (χ2n) is 6.87. The second-order valence-corrected chi connectivity index (χ2v) is 8.83. The first-order chi connectivity index (χ1) is 12.9. The van der Waals surface area contributed by atoms with Crippen molar-refractivity contribution in [1.82, 2.24) is 24.9 Å². The van der Waals surface area contributed by atoms with Crippen molar-refractivity contribution in [2.24, 2.45) is 0 Å². The molecule has 4 heterocycles. The number of rotatable bonds is 4. The number of nitrogens with one attached hydrogen (secondary N) is 2. The van der Waals surface area contributed by atoms with Crippen LogP contribution in [0.15, 0.2) is 35.6 Å². The van der Waals surface area contributed by atoms with Gasteiger partial charge < -0.3 is 10.6 Å². The molecule has 0 saturated carbocycles. The Labute approximate surface area is 158 Å². The van der Waals surface area contributed by atoms with E-state index in [9.17, 15) is 8.42 Å². The van der Waals surface area contributed by atoms with Crippen molar-refractivity contribution in [2.45, 2.75) is 30.7 Å². The minimum absolute atomic E-state index is 0.0689. The molecular weight excluding hydrogens is 364 g/mol. The van der Waals surface area contributed by atoms with E-state index in [4.69, 9.17) is 0 Å². The molecule has 142 valence electrons. The van der Waals surface area contributed by atoms with Gasteiger partial charge in [-0.05, 0) is 51.1 Å². The molecule has 2 N–H and O–H groups in total. The first kappa shape index (κ1) is 17.9. The molecule has 1 saturated heterocycles. The zero-order valence-corrected chi connectivity index (χ0v) is 16.1. The zero-order chi connectivity index (χ0) is 19.0. The Morgan fingerprint density at radius 1 is 1.19 bits per heavy atom. The summed E-state index contributed by atoms with van der Waals surface area (Å²) in [6.07, 6.45) is 6.95. The largest absolute Gasteiger partial charge is 0.351 e. The highest BCUT2D eigenvalue weighted by Crippen LogP contribution is 2.29. The maximum atomic E-state index is 11.7. The van der Waals surface area contributed by atoms with Crippen molar-refractivity contribution >= 4 is 26.9 Å². The van der Waals surface area contributed by atoms with Crippen LogP contribution in [0.25, 0.3) is 5.65 Å². The van der Waals surface area contributed by atoms with Gasteiger partial charge in [-0.2, -0.15) is 5.10 Å². The standard InChI is InChI=1S/C18H22N6O2S/c1-12-14(3-4-17(22-12)27(2,25)26)23-15-7-10-21-24-16(11-20-18(15)24)13-5-8-19-9-6-13/h3-4,7,10-11,13,19,23H,5-6,8-9H2,1-2H3. The normalized spacial score (nSPS) is 15.9. The Morgan fingerprint density at radius 2 is 1.96 bits per heavy atom. The van der Waals surface area contributed by atoms with Crippen LogP contribution >= 0.6 is 0 Å². The molecule has 1 aliphatic rings. The van der Waals surface area contributed by atoms with E-state index in [-0.39, 0.29) is 5.03 Å². The molecule has 0 spiro atoms. The molecule has 0 radical (unpaired) electrons. The van der Waals surface area contributed by atoms with Gasteiger partial charge in [0, 0.05) is 12.2 Å². The number of piperidine rings is 1. The highest BCUT2D eigenvalue weighted by Gasteiger charge is 2.20. The fraction of sp³-hybridized carbons (Fsp3) is 0.389. The molecule has 3 aromatic heterocycles. The Hall–Kier alpha value is -2.52. The summed E-state index contributed by atoms with van der Waals surface area (Å²) in [7, 11) is -3.33. The molecule has 0 bridgehead atoms. The molecule has 27 heavy (non-hydrogen) atoms. The van der Waals surface area contributed by atoms with E-state index >= 15 is 0 Å². The van der Waals surface area contributed by atoms with Crippen molar-refractivity contribution in [2.75, 3.05) is 24.7 Å². The molecule has 0 atom stereocenters. The van der Waals surface area contributed by atoms with Gasteiger partial charge in [-0.3, -0.25) is 0 Å². The van der Waals surface area contributed by atoms with Crippen LogP contribution in [0.5, 0.6) is 0 Å². The van der Waals surface area contributed by atoms with Crippen LogP contribution in [0.2, 0.25) is 0 Å². The van der Waals surface area contributed by atoms with Crippen LogP contribution in [-0.2, 0) is 9.84 Å². The number of aryl methyl sites for hydroxylation is 1. The smallest absolute Gasteiger partial charge is 0.192 e. The fourth-order valence-electron chi connectivity index (χ4n) is 3.43. The van der Waals surface area contributed by atoms with Gasteiger partial charge in [0.2, 0.25) is 0 Å². The molecule has 0 amide bonds. The summed E-state index contributed by atoms with van der Waals surface area (Å²) in [5, 5.41) is 11.3. The summed E-state index contributed by atoms with van der Waals surface area (Å²) in [6.45, 7) is 3.79. The third-order valence-corrected chi connectivity index (χ3v) is 5.88. The third-order valence-electron chi connectivity index (χ3n) is 4.90. The lowest BCUT2D eigenvalue weighted by atomic mass is 9.95. The van der Waals surface area contributed by atoms with E-state index in [1.807, 2.05) is 16.8 Å². The topological polar surface area (TPSA) is 101 Å². The fourth-order valence-corrected chi connectivity index (χ4v) is 4.05. The van der Waals surface area contributed by atoms with Crippen LogP contribution in [0.1, 0.15) is 30.1 Å². The zero-order valence-electron chi connectivity index (χ0n) is 15.3. The molecule has 4 rings (SSSR count). The number of aromatic nitrogens is 4. The maximum absolute atomic E-state index is 11.7. The molecule has 1 fully saturated rings. The maximum Gasteiger partial charge on any atom is 0.192 e. The van der Waals surface area contributed by atoms with E-state index in [1.165, 1.54) is 6.07 Å². The minimum atomic E-state index is -3.33. The van der Waals surface area contributed by atoms with Crippen molar-refractivity contribution in [3.8, 4) is 0 Å². The lowest BCUT2D eigenvalue weighted by Crippen LogP contribution is -2.27. The van der Waals surface area contributed by atoms with Gasteiger partial charge >= 0.3 is 0 Å². The molecule has 0 unspecified atom stereocenters. The first-order valence-electron chi connectivity index (χ1n) is 8.91. The average molecular weight is 386 g/mol. The van der Waals surface area contributed by atoms with Gasteiger partial charge in [-0.25, -0.2) is 22.9 Å². The van der Waals surface area contributed by atoms with Gasteiger partial charge in [0.1, 0.15) is 0 Å². The molecule has 8 nitrogen and oxygen atoms in total. The molecular formula is C18H22N6O2S. The quantitative estimate of drug-likeness (QED) is 0.707. The van der Waals surface area contributed by atoms with Gasteiger partial charge in [-0.15, -0.1) is 0 Å². The van der Waals surface area contributed by atoms with Crippen LogP contribution in [0.3, 0.4) is 0 Å². The Bertz CT molecular complexity index is 1090. The average Bonchev–Trinajstić information content (AvgIpc) is 3.08. The van der Waals surface area contributed by atoms with E-state index in [1.54, 1.807) is 19.2 Å². The third kappa shape index (κ3) is 3.52. The summed E-state index contributed by atoms with van der Waals surface area (Å²) in [5.41, 5.74) is 4.03. The minimum Gasteiger partial charge on any atom is -0.351 e. The molecule has 1 aliphatic heterocycles. The van der Waals surface area contributed by atoms with E-state index < -0.39 is 9.84 Å². The number of imidazole rings is 1. The molecule has 3 aromatic rings. The lowest BCUT2D eigenvalue weighted by molar-refractivity contribution is 0.448. The number of sulfone groups is 1. The Kier molecular flexibility index (Phi) is 4.56. The summed E-state index contributed by atoms with van der Waals surface area (Å²) in [6, 6.07) is 5.10. The van der Waals surface area contributed by atoms with Crippen LogP contribution < -0.4 is 10.6 Å². The van der Waals surface area contributed by atoms with Crippen LogP contribution in [-0.4, -0.2) is 47.3 Å². The van der Waals surface area contributed by atoms with Gasteiger partial charge in [0.25, 0.3) is 0 Å². The summed E-state index contributed by atoms with van der Waals surface area (Å²) in [4.78, 5) is 8.78. The summed E-state index contributed by atoms with van der Waals surface area (Å²) < 4.78 is 25.2. The number of hydrogen-bond acceptors (Lipinski definition) is 7. The SMILES string of the molecule is Cc1nc(S(C)(=O)=O)ccc1Nc1ccnn2c(C3CCNCC3)cnc12. The van der Waals surface area contributed by atoms with Crippen LogP contribution in [0, 0.1) is 6.92 Å². The number of anilines is 2. The highest BCUT2D eigenvalue weighted by molar-refractivity contribution is 7.90. The number of fused-ring (bicyclic) bond motifs is 1. The van der Waals surface area contributed by atoms with Crippen molar-refractivity contribution in [3.63, 3.8) is 0 Å². The van der Waals surface area contributed by atoms with E-state index in [0.717, 1.165) is 54.9 Å². The van der Waals surface area contributed by atoms with Gasteiger partial charge in [0.05, 0.1) is 35.2 Å². The first-order valence-corrected chi connectivity index (χ1v) is 10.8. The Balaban J connectivity index is 1.68. The number of hydrogen-bond donors (Lipinski definition) is 2. The van der Waals surface area contributed by atoms with Crippen LogP contribution in [0.4, 0.5) is 11.4 Å². The van der Waals surface area contributed by atoms with E-state index in [2.05, 4.69) is 25.7 Å². The van der Waals surface area contributed by atoms with Crippen molar-refractivity contribution < 1.29 is 8.42 Å². The molecule has 0 aliphatic carbocycles. The lowest BCUT2D eigenvalue weighted by Gasteiger charge is -2.21. The van der Waals surface area contributed by atoms with Crippen molar-refractivity contribution in [1.29, 1.82) is 0 Å². The second kappa shape index (κ2) is 6.90. The highest BCUT2D eigenvalue weighted by atomic mass is 32.2. The van der Waals surface area contributed by atoms with Crippen molar-refractivity contribution in [3.05, 3.63) is 42.0 Å². The summed E-state index contributed by atoms with van der Waals surface area (Å²) in [5.74, 6) is 0.446. The number of pyridine rings is 1. The molecule has 9 heteroatoms.